The lowest BCUT2D eigenvalue weighted by Gasteiger charge is -2.24. The van der Waals surface area contributed by atoms with Crippen molar-refractivity contribution in [2.75, 3.05) is 19.6 Å². The number of benzene rings is 2. The van der Waals surface area contributed by atoms with E-state index in [0.717, 1.165) is 4.90 Å². The molecule has 2 saturated heterocycles. The van der Waals surface area contributed by atoms with Gasteiger partial charge in [-0.15, -0.1) is 0 Å². The van der Waals surface area contributed by atoms with Gasteiger partial charge in [0.15, 0.2) is 0 Å². The highest BCUT2D eigenvalue weighted by atomic mass is 35.5. The third-order valence-corrected chi connectivity index (χ3v) is 8.76. The molecule has 3 heterocycles. The van der Waals surface area contributed by atoms with E-state index in [4.69, 9.17) is 16.3 Å². The number of fused-ring (bicyclic) bond motifs is 1. The molecular formula is C34H40ClF2N5O6. The average Bonchev–Trinajstić information content (AvgIpc) is 3.74. The molecule has 5 rings (SSSR count). The monoisotopic (exact) mass is 687 g/mol. The van der Waals surface area contributed by atoms with Gasteiger partial charge in [0.05, 0.1) is 17.7 Å². The molecule has 3 aromatic rings. The van der Waals surface area contributed by atoms with Gasteiger partial charge in [0, 0.05) is 65.9 Å². The summed E-state index contributed by atoms with van der Waals surface area (Å²) in [5, 5.41) is 16.5. The van der Waals surface area contributed by atoms with Crippen LogP contribution in [0.2, 0.25) is 5.02 Å². The molecule has 4 amide bonds. The lowest BCUT2D eigenvalue weighted by Crippen LogP contribution is -2.46. The summed E-state index contributed by atoms with van der Waals surface area (Å²) in [6.45, 7) is 6.90. The van der Waals surface area contributed by atoms with Crippen LogP contribution in [0.1, 0.15) is 68.1 Å². The number of alkyl halides is 1. The van der Waals surface area contributed by atoms with Crippen LogP contribution in [0.4, 0.5) is 13.6 Å². The van der Waals surface area contributed by atoms with Gasteiger partial charge in [-0.3, -0.25) is 14.4 Å². The quantitative estimate of drug-likeness (QED) is 0.320. The number of rotatable bonds is 8. The Kier molecular flexibility index (Phi) is 10.3. The second-order valence-corrected chi connectivity index (χ2v) is 13.7. The highest BCUT2D eigenvalue weighted by molar-refractivity contribution is 6.30. The average molecular weight is 688 g/mol. The Morgan fingerprint density at radius 2 is 1.90 bits per heavy atom. The highest BCUT2D eigenvalue weighted by Gasteiger charge is 2.40. The Hall–Kier alpha value is -4.23. The van der Waals surface area contributed by atoms with Crippen LogP contribution in [-0.4, -0.2) is 86.8 Å². The van der Waals surface area contributed by atoms with E-state index in [9.17, 15) is 33.1 Å². The van der Waals surface area contributed by atoms with Gasteiger partial charge < -0.3 is 34.8 Å². The van der Waals surface area contributed by atoms with E-state index < -0.39 is 47.6 Å². The number of carbonyl (C=O) groups is 4. The maximum atomic E-state index is 14.6. The van der Waals surface area contributed by atoms with Gasteiger partial charge in [-0.25, -0.2) is 13.6 Å². The fraction of sp³-hybridized carbons (Fsp3) is 0.471. The zero-order valence-electron chi connectivity index (χ0n) is 27.3. The molecule has 2 aliphatic heterocycles. The lowest BCUT2D eigenvalue weighted by molar-refractivity contribution is -0.139. The van der Waals surface area contributed by atoms with E-state index in [-0.39, 0.29) is 48.6 Å². The first-order chi connectivity index (χ1) is 22.6. The summed E-state index contributed by atoms with van der Waals surface area (Å²) >= 11 is 5.83. The van der Waals surface area contributed by atoms with Crippen LogP contribution in [0, 0.1) is 5.82 Å². The minimum atomic E-state index is -1.43. The summed E-state index contributed by atoms with van der Waals surface area (Å²) in [6.07, 6.45) is -0.825. The van der Waals surface area contributed by atoms with Crippen LogP contribution in [0.15, 0.2) is 42.6 Å². The van der Waals surface area contributed by atoms with E-state index >= 15 is 0 Å². The normalized spacial score (nSPS) is 20.2. The number of aromatic nitrogens is 1. The number of nitrogens with one attached hydrogen (secondary N) is 2. The largest absolute Gasteiger partial charge is 0.444 e. The summed E-state index contributed by atoms with van der Waals surface area (Å²) in [6, 6.07) is 7.91. The van der Waals surface area contributed by atoms with Crippen molar-refractivity contribution in [3.05, 3.63) is 70.1 Å². The molecule has 0 aliphatic carbocycles. The topological polar surface area (TPSA) is 133 Å². The molecule has 2 fully saturated rings. The molecule has 2 aliphatic rings. The maximum absolute atomic E-state index is 14.6. The molecule has 0 spiro atoms. The van der Waals surface area contributed by atoms with Crippen molar-refractivity contribution in [2.45, 2.75) is 83.6 Å². The molecule has 0 saturated carbocycles. The minimum Gasteiger partial charge on any atom is -0.444 e. The van der Waals surface area contributed by atoms with Crippen molar-refractivity contribution >= 4 is 46.3 Å². The first-order valence-corrected chi connectivity index (χ1v) is 16.2. The first-order valence-electron chi connectivity index (χ1n) is 15.8. The summed E-state index contributed by atoms with van der Waals surface area (Å²) < 4.78 is 35.9. The van der Waals surface area contributed by atoms with Crippen molar-refractivity contribution in [3.63, 3.8) is 0 Å². The summed E-state index contributed by atoms with van der Waals surface area (Å²) in [4.78, 5) is 55.1. The second-order valence-electron chi connectivity index (χ2n) is 13.3. The van der Waals surface area contributed by atoms with Gasteiger partial charge in [0.1, 0.15) is 30.2 Å². The summed E-state index contributed by atoms with van der Waals surface area (Å²) in [7, 11) is 0. The van der Waals surface area contributed by atoms with Crippen molar-refractivity contribution in [1.29, 1.82) is 0 Å². The summed E-state index contributed by atoms with van der Waals surface area (Å²) in [5.74, 6) is -2.21. The standard InChI is InChI=1S/C34H40ClF2N5O6/c1-19(43)25-17-41(18-29(44)42-15-22(36)13-28(42)32(46)38-14-21-6-5-7-26(35)30(21)37)27-12-20(8-9-24(25)27)31(45)39-23-10-11-40(16-23)33(47)48-34(2,3)4/h5-9,12,17,19,22-23,28,43H,10-11,13-16,18H2,1-4H3,(H,38,46)(H,39,45)/t19?,22-,23+,28+/m1/s1. The predicted molar refractivity (Wildman–Crippen MR) is 175 cm³/mol. The van der Waals surface area contributed by atoms with Gasteiger partial charge >= 0.3 is 6.09 Å². The molecule has 3 N–H and O–H groups in total. The van der Waals surface area contributed by atoms with Gasteiger partial charge in [-0.05, 0) is 52.3 Å². The van der Waals surface area contributed by atoms with Crippen molar-refractivity contribution in [2.24, 2.45) is 0 Å². The Morgan fingerprint density at radius 3 is 2.60 bits per heavy atom. The molecule has 14 heteroatoms. The number of aliphatic hydroxyl groups excluding tert-OH is 1. The Balaban J connectivity index is 1.29. The van der Waals surface area contributed by atoms with Crippen LogP contribution in [-0.2, 0) is 27.4 Å². The minimum absolute atomic E-state index is 0.0947. The number of hydrogen-bond donors (Lipinski definition) is 3. The van der Waals surface area contributed by atoms with Gasteiger partial charge in [-0.2, -0.15) is 0 Å². The number of likely N-dealkylation sites (tertiary alicyclic amines) is 2. The number of amides is 4. The third-order valence-electron chi connectivity index (χ3n) is 8.46. The van der Waals surface area contributed by atoms with E-state index in [1.54, 1.807) is 67.6 Å². The van der Waals surface area contributed by atoms with Crippen molar-refractivity contribution in [1.82, 2.24) is 25.0 Å². The van der Waals surface area contributed by atoms with Crippen LogP contribution in [0.25, 0.3) is 10.9 Å². The van der Waals surface area contributed by atoms with Gasteiger partial charge in [-0.1, -0.05) is 29.8 Å². The van der Waals surface area contributed by atoms with E-state index in [2.05, 4.69) is 10.6 Å². The SMILES string of the molecule is CC(O)c1cn(CC(=O)N2C[C@H](F)C[C@H]2C(=O)NCc2cccc(Cl)c2F)c2cc(C(=O)N[C@H]3CCN(C(=O)OC(C)(C)C)C3)ccc12. The second kappa shape index (κ2) is 14.1. The molecule has 1 aromatic heterocycles. The van der Waals surface area contributed by atoms with Gasteiger partial charge in [0.2, 0.25) is 11.8 Å². The Bertz CT molecular complexity index is 1720. The van der Waals surface area contributed by atoms with Crippen LogP contribution in [0.5, 0.6) is 0 Å². The fourth-order valence-electron chi connectivity index (χ4n) is 6.10. The van der Waals surface area contributed by atoms with E-state index in [0.29, 0.717) is 41.5 Å². The van der Waals surface area contributed by atoms with Gasteiger partial charge in [0.25, 0.3) is 5.91 Å². The molecular weight excluding hydrogens is 648 g/mol. The fourth-order valence-corrected chi connectivity index (χ4v) is 6.29. The van der Waals surface area contributed by atoms with Crippen molar-refractivity contribution in [3.8, 4) is 0 Å². The molecule has 2 aromatic carbocycles. The highest BCUT2D eigenvalue weighted by Crippen LogP contribution is 2.29. The smallest absolute Gasteiger partial charge is 0.410 e. The molecule has 1 unspecified atom stereocenters. The molecule has 11 nitrogen and oxygen atoms in total. The zero-order valence-corrected chi connectivity index (χ0v) is 28.0. The summed E-state index contributed by atoms with van der Waals surface area (Å²) in [5.41, 5.74) is 0.834. The molecule has 4 atom stereocenters. The lowest BCUT2D eigenvalue weighted by atomic mass is 10.1. The number of hydrogen-bond acceptors (Lipinski definition) is 6. The van der Waals surface area contributed by atoms with E-state index in [1.807, 2.05) is 0 Å². The van der Waals surface area contributed by atoms with Crippen molar-refractivity contribution < 1.29 is 37.8 Å². The van der Waals surface area contributed by atoms with Crippen LogP contribution in [0.3, 0.4) is 0 Å². The Labute approximate surface area is 282 Å². The number of ether oxygens (including phenoxy) is 1. The molecule has 0 radical (unpaired) electrons. The van der Waals surface area contributed by atoms with Crippen LogP contribution >= 0.6 is 11.6 Å². The number of carbonyl (C=O) groups excluding carboxylic acids is 4. The third kappa shape index (κ3) is 7.90. The predicted octanol–water partition coefficient (Wildman–Crippen LogP) is 4.48. The number of nitrogens with zero attached hydrogens (tertiary/aromatic N) is 3. The number of aliphatic hydroxyl groups is 1. The zero-order chi connectivity index (χ0) is 34.9. The maximum Gasteiger partial charge on any atom is 0.410 e. The molecule has 0 bridgehead atoms. The molecule has 48 heavy (non-hydrogen) atoms. The Morgan fingerprint density at radius 1 is 1.15 bits per heavy atom. The molecule has 258 valence electrons. The van der Waals surface area contributed by atoms with Crippen LogP contribution < -0.4 is 10.6 Å². The number of halogens is 3. The van der Waals surface area contributed by atoms with E-state index in [1.165, 1.54) is 12.1 Å². The first kappa shape index (κ1) is 35.1.